The summed E-state index contributed by atoms with van der Waals surface area (Å²) in [5, 5.41) is 0. The van der Waals surface area contributed by atoms with E-state index in [-0.39, 0.29) is 5.56 Å². The largest absolute Gasteiger partial charge is 0.204 e. The highest BCUT2D eigenvalue weighted by molar-refractivity contribution is 5.46. The molecule has 0 unspecified atom stereocenters. The van der Waals surface area contributed by atoms with Gasteiger partial charge >= 0.3 is 0 Å². The van der Waals surface area contributed by atoms with Gasteiger partial charge in [0.2, 0.25) is 0 Å². The standard InChI is InChI=1S/C31H33F3/c1-2-3-22-12-16-27(17-13-22)28-18-14-25(15-19-28)9-8-23-4-6-24(7-5-23)10-11-26-20-29(32)31(34)30(33)21-26/h4-7,20-22,25,27-28H,2-3,12-19H2,1H3. The Hall–Kier alpha value is -2.65. The van der Waals surface area contributed by atoms with Crippen molar-refractivity contribution in [2.75, 3.05) is 0 Å². The van der Waals surface area contributed by atoms with Gasteiger partial charge in [-0.15, -0.1) is 0 Å². The lowest BCUT2D eigenvalue weighted by Crippen LogP contribution is -2.25. The normalized spacial score (nSPS) is 24.5. The van der Waals surface area contributed by atoms with E-state index in [2.05, 4.69) is 30.6 Å². The molecule has 0 saturated heterocycles. The monoisotopic (exact) mass is 462 g/mol. The molecule has 3 heteroatoms. The van der Waals surface area contributed by atoms with Crippen molar-refractivity contribution in [2.45, 2.75) is 71.1 Å². The molecule has 0 aliphatic heterocycles. The maximum absolute atomic E-state index is 13.3. The lowest BCUT2D eigenvalue weighted by atomic mass is 9.69. The first-order valence-corrected chi connectivity index (χ1v) is 12.8. The average Bonchev–Trinajstić information content (AvgIpc) is 2.86. The third kappa shape index (κ3) is 6.48. The molecule has 0 radical (unpaired) electrons. The van der Waals surface area contributed by atoms with Crippen molar-refractivity contribution in [3.63, 3.8) is 0 Å². The summed E-state index contributed by atoms with van der Waals surface area (Å²) in [7, 11) is 0. The van der Waals surface area contributed by atoms with Crippen LogP contribution in [-0.2, 0) is 0 Å². The molecule has 2 aliphatic carbocycles. The lowest BCUT2D eigenvalue weighted by molar-refractivity contribution is 0.154. The molecule has 0 nitrogen and oxygen atoms in total. The average molecular weight is 463 g/mol. The molecule has 2 fully saturated rings. The summed E-state index contributed by atoms with van der Waals surface area (Å²) in [6.45, 7) is 2.31. The maximum Gasteiger partial charge on any atom is 0.194 e. The van der Waals surface area contributed by atoms with E-state index in [9.17, 15) is 13.2 Å². The fourth-order valence-electron chi connectivity index (χ4n) is 5.69. The summed E-state index contributed by atoms with van der Waals surface area (Å²) < 4.78 is 39.7. The molecule has 2 aliphatic rings. The fourth-order valence-corrected chi connectivity index (χ4v) is 5.69. The summed E-state index contributed by atoms with van der Waals surface area (Å²) in [6, 6.07) is 9.33. The highest BCUT2D eigenvalue weighted by Crippen LogP contribution is 2.42. The van der Waals surface area contributed by atoms with Crippen molar-refractivity contribution < 1.29 is 13.2 Å². The van der Waals surface area contributed by atoms with Gasteiger partial charge in [0.1, 0.15) is 0 Å². The first-order chi connectivity index (χ1) is 16.5. The van der Waals surface area contributed by atoms with Crippen molar-refractivity contribution in [1.29, 1.82) is 0 Å². The van der Waals surface area contributed by atoms with Crippen molar-refractivity contribution in [3.8, 4) is 23.7 Å². The van der Waals surface area contributed by atoms with E-state index in [4.69, 9.17) is 0 Å². The molecule has 0 spiro atoms. The zero-order valence-corrected chi connectivity index (χ0v) is 20.0. The number of benzene rings is 2. The quantitative estimate of drug-likeness (QED) is 0.318. The van der Waals surface area contributed by atoms with Crippen LogP contribution in [0.3, 0.4) is 0 Å². The van der Waals surface area contributed by atoms with Gasteiger partial charge in [-0.3, -0.25) is 0 Å². The van der Waals surface area contributed by atoms with E-state index in [1.165, 1.54) is 64.2 Å². The minimum Gasteiger partial charge on any atom is -0.204 e. The molecule has 0 heterocycles. The SMILES string of the molecule is CCCC1CCC(C2CCC(C#Cc3ccc(C#Cc4cc(F)c(F)c(F)c4)cc3)CC2)CC1. The lowest BCUT2D eigenvalue weighted by Gasteiger charge is -2.37. The summed E-state index contributed by atoms with van der Waals surface area (Å²) >= 11 is 0. The van der Waals surface area contributed by atoms with Crippen LogP contribution in [0.1, 0.15) is 87.8 Å². The topological polar surface area (TPSA) is 0 Å². The predicted octanol–water partition coefficient (Wildman–Crippen LogP) is 8.27. The van der Waals surface area contributed by atoms with Gasteiger partial charge in [0, 0.05) is 22.6 Å². The Labute approximate surface area is 202 Å². The minimum atomic E-state index is -1.48. The minimum absolute atomic E-state index is 0.102. The third-order valence-corrected chi connectivity index (χ3v) is 7.67. The van der Waals surface area contributed by atoms with Gasteiger partial charge in [-0.1, -0.05) is 56.3 Å². The van der Waals surface area contributed by atoms with E-state index < -0.39 is 17.5 Å². The molecule has 2 saturated carbocycles. The van der Waals surface area contributed by atoms with Crippen LogP contribution in [0.4, 0.5) is 13.2 Å². The summed E-state index contributed by atoms with van der Waals surface area (Å²) in [6.07, 6.45) is 13.6. The molecule has 4 rings (SSSR count). The first-order valence-electron chi connectivity index (χ1n) is 12.8. The smallest absolute Gasteiger partial charge is 0.194 e. The summed E-state index contributed by atoms with van der Waals surface area (Å²) in [5.74, 6) is 11.7. The Kier molecular flexibility index (Phi) is 8.39. The van der Waals surface area contributed by atoms with E-state index in [0.29, 0.717) is 11.5 Å². The molecular formula is C31H33F3. The van der Waals surface area contributed by atoms with Gasteiger partial charge in [-0.25, -0.2) is 13.2 Å². The summed E-state index contributed by atoms with van der Waals surface area (Å²) in [4.78, 5) is 0. The maximum atomic E-state index is 13.3. The zero-order valence-electron chi connectivity index (χ0n) is 20.0. The Bertz CT molecular complexity index is 1050. The van der Waals surface area contributed by atoms with Gasteiger partial charge in [0.05, 0.1) is 0 Å². The second-order valence-corrected chi connectivity index (χ2v) is 10.0. The van der Waals surface area contributed by atoms with Gasteiger partial charge < -0.3 is 0 Å². The van der Waals surface area contributed by atoms with Crippen LogP contribution in [0.25, 0.3) is 0 Å². The van der Waals surface area contributed by atoms with E-state index >= 15 is 0 Å². The Morgan fingerprint density at radius 2 is 1.18 bits per heavy atom. The molecule has 2 aromatic carbocycles. The van der Waals surface area contributed by atoms with Crippen LogP contribution in [-0.4, -0.2) is 0 Å². The number of hydrogen-bond donors (Lipinski definition) is 0. The molecule has 0 aromatic heterocycles. The van der Waals surface area contributed by atoms with E-state index in [1.54, 1.807) is 0 Å². The van der Waals surface area contributed by atoms with Crippen LogP contribution >= 0.6 is 0 Å². The van der Waals surface area contributed by atoms with Gasteiger partial charge in [-0.05, 0) is 92.7 Å². The highest BCUT2D eigenvalue weighted by Gasteiger charge is 2.30. The molecule has 178 valence electrons. The Morgan fingerprint density at radius 3 is 1.74 bits per heavy atom. The van der Waals surface area contributed by atoms with Crippen LogP contribution in [0, 0.1) is 64.8 Å². The van der Waals surface area contributed by atoms with Gasteiger partial charge in [0.15, 0.2) is 17.5 Å². The molecule has 0 atom stereocenters. The molecule has 2 aromatic rings. The summed E-state index contributed by atoms with van der Waals surface area (Å²) in [5.41, 5.74) is 1.76. The first kappa shape index (κ1) is 24.5. The van der Waals surface area contributed by atoms with Gasteiger partial charge in [-0.2, -0.15) is 0 Å². The van der Waals surface area contributed by atoms with Crippen molar-refractivity contribution in [1.82, 2.24) is 0 Å². The second-order valence-electron chi connectivity index (χ2n) is 10.0. The second kappa shape index (κ2) is 11.7. The highest BCUT2D eigenvalue weighted by atomic mass is 19.2. The molecule has 0 amide bonds. The van der Waals surface area contributed by atoms with Crippen molar-refractivity contribution in [3.05, 3.63) is 70.5 Å². The molecule has 0 N–H and O–H groups in total. The molecular weight excluding hydrogens is 429 g/mol. The number of halogens is 3. The van der Waals surface area contributed by atoms with E-state index in [0.717, 1.165) is 35.4 Å². The zero-order chi connectivity index (χ0) is 23.9. The Balaban J connectivity index is 1.27. The Morgan fingerprint density at radius 1 is 0.676 bits per heavy atom. The predicted molar refractivity (Wildman–Crippen MR) is 131 cm³/mol. The van der Waals surface area contributed by atoms with Crippen LogP contribution in [0.5, 0.6) is 0 Å². The van der Waals surface area contributed by atoms with Crippen LogP contribution < -0.4 is 0 Å². The van der Waals surface area contributed by atoms with Crippen molar-refractivity contribution >= 4 is 0 Å². The fraction of sp³-hybridized carbons (Fsp3) is 0.484. The third-order valence-electron chi connectivity index (χ3n) is 7.67. The van der Waals surface area contributed by atoms with Crippen LogP contribution in [0.15, 0.2) is 36.4 Å². The van der Waals surface area contributed by atoms with Crippen molar-refractivity contribution in [2.24, 2.45) is 23.7 Å². The molecule has 34 heavy (non-hydrogen) atoms. The van der Waals surface area contributed by atoms with Gasteiger partial charge in [0.25, 0.3) is 0 Å². The molecule has 0 bridgehead atoms. The number of rotatable bonds is 3. The van der Waals surface area contributed by atoms with Crippen LogP contribution in [0.2, 0.25) is 0 Å². The van der Waals surface area contributed by atoms with E-state index in [1.807, 2.05) is 24.3 Å². The number of hydrogen-bond acceptors (Lipinski definition) is 0.